The molecule has 0 radical (unpaired) electrons. The van der Waals surface area contributed by atoms with E-state index in [4.69, 9.17) is 0 Å². The lowest BCUT2D eigenvalue weighted by Gasteiger charge is -2.13. The molecule has 3 rings (SSSR count). The lowest BCUT2D eigenvalue weighted by atomic mass is 10.1. The molecule has 3 aromatic rings. The zero-order valence-electron chi connectivity index (χ0n) is 13.6. The average Bonchev–Trinajstić information content (AvgIpc) is 2.54. The fourth-order valence-corrected chi connectivity index (χ4v) is 4.06. The summed E-state index contributed by atoms with van der Waals surface area (Å²) in [5, 5.41) is 10.1. The third kappa shape index (κ3) is 3.18. The summed E-state index contributed by atoms with van der Waals surface area (Å²) in [6.07, 6.45) is 1.58. The number of pyridine rings is 1. The van der Waals surface area contributed by atoms with Crippen LogP contribution < -0.4 is 4.72 Å². The van der Waals surface area contributed by atoms with Crippen LogP contribution in [-0.2, 0) is 10.0 Å². The molecule has 25 heavy (non-hydrogen) atoms. The van der Waals surface area contributed by atoms with Gasteiger partial charge in [-0.25, -0.2) is 13.2 Å². The van der Waals surface area contributed by atoms with Crippen molar-refractivity contribution in [2.75, 3.05) is 4.72 Å². The SMILES string of the molecule is Cc1cc(C)c(S(=O)(=O)Nc2cccc3cccnc23)cc1C(=O)O. The highest BCUT2D eigenvalue weighted by Gasteiger charge is 2.21. The number of carbonyl (C=O) groups is 1. The molecule has 0 bridgehead atoms. The van der Waals surface area contributed by atoms with Crippen molar-refractivity contribution in [1.29, 1.82) is 0 Å². The molecule has 0 fully saturated rings. The van der Waals surface area contributed by atoms with Crippen molar-refractivity contribution in [1.82, 2.24) is 4.98 Å². The van der Waals surface area contributed by atoms with E-state index >= 15 is 0 Å². The number of aromatic nitrogens is 1. The number of carboxylic acid groups (broad SMARTS) is 1. The number of sulfonamides is 1. The second kappa shape index (κ2) is 6.18. The molecule has 0 aliphatic heterocycles. The van der Waals surface area contributed by atoms with Gasteiger partial charge in [0.1, 0.15) is 0 Å². The third-order valence-electron chi connectivity index (χ3n) is 3.92. The molecule has 2 aromatic carbocycles. The molecular weight excluding hydrogens is 340 g/mol. The van der Waals surface area contributed by atoms with E-state index in [0.717, 1.165) is 5.39 Å². The lowest BCUT2D eigenvalue weighted by Crippen LogP contribution is -2.16. The van der Waals surface area contributed by atoms with Gasteiger partial charge in [-0.15, -0.1) is 0 Å². The van der Waals surface area contributed by atoms with Gasteiger partial charge in [0.25, 0.3) is 10.0 Å². The summed E-state index contributed by atoms with van der Waals surface area (Å²) in [6.45, 7) is 3.27. The van der Waals surface area contributed by atoms with Crippen molar-refractivity contribution in [3.05, 3.63) is 65.4 Å². The van der Waals surface area contributed by atoms with Crippen LogP contribution in [0.1, 0.15) is 21.5 Å². The fourth-order valence-electron chi connectivity index (χ4n) is 2.74. The first-order valence-corrected chi connectivity index (χ1v) is 8.99. The molecule has 0 atom stereocenters. The Morgan fingerprint density at radius 1 is 1.08 bits per heavy atom. The predicted octanol–water partition coefficient (Wildman–Crippen LogP) is 3.35. The van der Waals surface area contributed by atoms with Crippen LogP contribution in [0, 0.1) is 13.8 Å². The van der Waals surface area contributed by atoms with Crippen LogP contribution in [0.15, 0.2) is 53.6 Å². The summed E-state index contributed by atoms with van der Waals surface area (Å²) >= 11 is 0. The second-order valence-electron chi connectivity index (χ2n) is 5.72. The minimum Gasteiger partial charge on any atom is -0.478 e. The van der Waals surface area contributed by atoms with Gasteiger partial charge in [-0.3, -0.25) is 9.71 Å². The molecule has 0 amide bonds. The van der Waals surface area contributed by atoms with E-state index in [2.05, 4.69) is 9.71 Å². The standard InChI is InChI=1S/C18H16N2O4S/c1-11-9-12(2)16(10-14(11)18(21)22)25(23,24)20-15-7-3-5-13-6-4-8-19-17(13)15/h3-10,20H,1-2H3,(H,21,22). The molecule has 7 heteroatoms. The molecule has 0 aliphatic carbocycles. The largest absolute Gasteiger partial charge is 0.478 e. The van der Waals surface area contributed by atoms with Crippen molar-refractivity contribution in [2.24, 2.45) is 0 Å². The zero-order chi connectivity index (χ0) is 18.2. The minimum absolute atomic E-state index is 0.0398. The van der Waals surface area contributed by atoms with E-state index in [-0.39, 0.29) is 10.5 Å². The summed E-state index contributed by atoms with van der Waals surface area (Å²) in [4.78, 5) is 15.5. The number of aryl methyl sites for hydroxylation is 2. The molecule has 1 heterocycles. The van der Waals surface area contributed by atoms with Gasteiger partial charge in [-0.2, -0.15) is 0 Å². The molecule has 0 saturated carbocycles. The van der Waals surface area contributed by atoms with Gasteiger partial charge >= 0.3 is 5.97 Å². The quantitative estimate of drug-likeness (QED) is 0.747. The molecular formula is C18H16N2O4S. The second-order valence-corrected chi connectivity index (χ2v) is 7.37. The average molecular weight is 356 g/mol. The topological polar surface area (TPSA) is 96.4 Å². The monoisotopic (exact) mass is 356 g/mol. The van der Waals surface area contributed by atoms with E-state index in [1.807, 2.05) is 12.1 Å². The Labute approximate surface area is 145 Å². The fraction of sp³-hybridized carbons (Fsp3) is 0.111. The Kier molecular flexibility index (Phi) is 4.18. The van der Waals surface area contributed by atoms with Gasteiger partial charge in [0.15, 0.2) is 0 Å². The smallest absolute Gasteiger partial charge is 0.335 e. The zero-order valence-corrected chi connectivity index (χ0v) is 14.5. The maximum Gasteiger partial charge on any atom is 0.335 e. The van der Waals surface area contributed by atoms with Crippen LogP contribution in [-0.4, -0.2) is 24.5 Å². The molecule has 128 valence electrons. The van der Waals surface area contributed by atoms with Gasteiger partial charge < -0.3 is 5.11 Å². The number of anilines is 1. The van der Waals surface area contributed by atoms with E-state index in [1.165, 1.54) is 6.07 Å². The maximum atomic E-state index is 12.8. The molecule has 0 unspecified atom stereocenters. The Hall–Kier alpha value is -2.93. The Morgan fingerprint density at radius 3 is 2.52 bits per heavy atom. The first-order chi connectivity index (χ1) is 11.8. The number of nitrogens with zero attached hydrogens (tertiary/aromatic N) is 1. The van der Waals surface area contributed by atoms with E-state index in [9.17, 15) is 18.3 Å². The Balaban J connectivity index is 2.11. The predicted molar refractivity (Wildman–Crippen MR) is 95.4 cm³/mol. The summed E-state index contributed by atoms with van der Waals surface area (Å²) in [7, 11) is -3.96. The van der Waals surface area contributed by atoms with Gasteiger partial charge in [0.05, 0.1) is 21.7 Å². The van der Waals surface area contributed by atoms with Gasteiger partial charge in [0.2, 0.25) is 0 Å². The lowest BCUT2D eigenvalue weighted by molar-refractivity contribution is 0.0696. The molecule has 0 saturated heterocycles. The molecule has 1 aromatic heterocycles. The first kappa shape index (κ1) is 16.9. The van der Waals surface area contributed by atoms with E-state index < -0.39 is 16.0 Å². The van der Waals surface area contributed by atoms with E-state index in [0.29, 0.717) is 22.3 Å². The number of aromatic carboxylic acids is 1. The number of fused-ring (bicyclic) bond motifs is 1. The number of para-hydroxylation sites is 1. The number of hydrogen-bond acceptors (Lipinski definition) is 4. The number of nitrogens with one attached hydrogen (secondary N) is 1. The van der Waals surface area contributed by atoms with Gasteiger partial charge in [0, 0.05) is 11.6 Å². The number of carboxylic acids is 1. The number of rotatable bonds is 4. The molecule has 2 N–H and O–H groups in total. The summed E-state index contributed by atoms with van der Waals surface area (Å²) in [6, 6.07) is 11.5. The van der Waals surface area contributed by atoms with Crippen molar-refractivity contribution in [3.63, 3.8) is 0 Å². The number of hydrogen-bond donors (Lipinski definition) is 2. The van der Waals surface area contributed by atoms with Gasteiger partial charge in [-0.05, 0) is 43.2 Å². The van der Waals surface area contributed by atoms with Crippen molar-refractivity contribution in [2.45, 2.75) is 18.7 Å². The van der Waals surface area contributed by atoms with Gasteiger partial charge in [-0.1, -0.05) is 24.3 Å². The summed E-state index contributed by atoms with van der Waals surface area (Å²) < 4.78 is 28.2. The summed E-state index contributed by atoms with van der Waals surface area (Å²) in [5.41, 5.74) is 1.81. The highest BCUT2D eigenvalue weighted by atomic mass is 32.2. The molecule has 0 spiro atoms. The van der Waals surface area contributed by atoms with Crippen LogP contribution in [0.5, 0.6) is 0 Å². The Morgan fingerprint density at radius 2 is 1.80 bits per heavy atom. The summed E-state index contributed by atoms with van der Waals surface area (Å²) in [5.74, 6) is -1.17. The highest BCUT2D eigenvalue weighted by Crippen LogP contribution is 2.26. The van der Waals surface area contributed by atoms with Crippen molar-refractivity contribution >= 4 is 32.6 Å². The normalized spacial score (nSPS) is 11.4. The maximum absolute atomic E-state index is 12.8. The van der Waals surface area contributed by atoms with Crippen molar-refractivity contribution < 1.29 is 18.3 Å². The van der Waals surface area contributed by atoms with Crippen LogP contribution in [0.2, 0.25) is 0 Å². The van der Waals surface area contributed by atoms with Crippen molar-refractivity contribution in [3.8, 4) is 0 Å². The Bertz CT molecular complexity index is 1090. The molecule has 0 aliphatic rings. The first-order valence-electron chi connectivity index (χ1n) is 7.51. The highest BCUT2D eigenvalue weighted by molar-refractivity contribution is 7.92. The van der Waals surface area contributed by atoms with Crippen LogP contribution in [0.4, 0.5) is 5.69 Å². The molecule has 6 nitrogen and oxygen atoms in total. The van der Waals surface area contributed by atoms with E-state index in [1.54, 1.807) is 44.3 Å². The van der Waals surface area contributed by atoms with Crippen LogP contribution in [0.3, 0.4) is 0 Å². The number of benzene rings is 2. The minimum atomic E-state index is -3.96. The van der Waals surface area contributed by atoms with Crippen LogP contribution in [0.25, 0.3) is 10.9 Å². The van der Waals surface area contributed by atoms with Crippen LogP contribution >= 0.6 is 0 Å². The third-order valence-corrected chi connectivity index (χ3v) is 5.43.